The van der Waals surface area contributed by atoms with Crippen LogP contribution in [0.5, 0.6) is 0 Å². The molecule has 0 bridgehead atoms. The summed E-state index contributed by atoms with van der Waals surface area (Å²) in [4.78, 5) is 13.8. The highest BCUT2D eigenvalue weighted by molar-refractivity contribution is 6.34. The van der Waals surface area contributed by atoms with Crippen LogP contribution in [0, 0.1) is 11.3 Å². The van der Waals surface area contributed by atoms with Crippen LogP contribution in [-0.4, -0.2) is 13.0 Å². The van der Waals surface area contributed by atoms with E-state index >= 15 is 0 Å². The summed E-state index contributed by atoms with van der Waals surface area (Å²) in [5.74, 6) is -0.208. The number of halogens is 1. The Morgan fingerprint density at radius 1 is 1.21 bits per heavy atom. The summed E-state index contributed by atoms with van der Waals surface area (Å²) < 4.78 is 0. The Hall–Kier alpha value is -2.31. The molecule has 19 heavy (non-hydrogen) atoms. The highest BCUT2D eigenvalue weighted by atomic mass is 35.5. The maximum Gasteiger partial charge on any atom is 0.259 e. The first-order chi connectivity index (χ1) is 9.13. The SMILES string of the molecule is CN(C(=O)c1ccccc1Cl)c1cccc(C#N)c1. The van der Waals surface area contributed by atoms with Gasteiger partial charge in [-0.1, -0.05) is 29.8 Å². The second-order valence-electron chi connectivity index (χ2n) is 4.01. The molecule has 0 aliphatic rings. The molecule has 0 unspecified atom stereocenters. The van der Waals surface area contributed by atoms with Crippen molar-refractivity contribution in [3.05, 3.63) is 64.7 Å². The number of nitriles is 1. The minimum Gasteiger partial charge on any atom is -0.311 e. The molecule has 0 radical (unpaired) electrons. The van der Waals surface area contributed by atoms with Crippen LogP contribution in [0.4, 0.5) is 5.69 Å². The van der Waals surface area contributed by atoms with Crippen LogP contribution in [0.3, 0.4) is 0 Å². The van der Waals surface area contributed by atoms with Crippen LogP contribution in [0.15, 0.2) is 48.5 Å². The van der Waals surface area contributed by atoms with Gasteiger partial charge in [-0.05, 0) is 30.3 Å². The summed E-state index contributed by atoms with van der Waals surface area (Å²) in [6.07, 6.45) is 0. The molecule has 3 nitrogen and oxygen atoms in total. The van der Waals surface area contributed by atoms with Crippen molar-refractivity contribution in [2.45, 2.75) is 0 Å². The summed E-state index contributed by atoms with van der Waals surface area (Å²) in [7, 11) is 1.65. The molecule has 1 amide bonds. The number of nitrogens with zero attached hydrogens (tertiary/aromatic N) is 2. The largest absolute Gasteiger partial charge is 0.311 e. The summed E-state index contributed by atoms with van der Waals surface area (Å²) in [6.45, 7) is 0. The molecule has 0 spiro atoms. The molecule has 0 aliphatic carbocycles. The number of carbonyl (C=O) groups excluding carboxylic acids is 1. The van der Waals surface area contributed by atoms with Gasteiger partial charge in [0.2, 0.25) is 0 Å². The first kappa shape index (κ1) is 13.1. The lowest BCUT2D eigenvalue weighted by Gasteiger charge is -2.18. The fraction of sp³-hybridized carbons (Fsp3) is 0.0667. The lowest BCUT2D eigenvalue weighted by Crippen LogP contribution is -2.26. The van der Waals surface area contributed by atoms with Crippen LogP contribution in [0.1, 0.15) is 15.9 Å². The Bertz CT molecular complexity index is 661. The molecular weight excluding hydrogens is 260 g/mol. The van der Waals surface area contributed by atoms with Gasteiger partial charge in [0.15, 0.2) is 0 Å². The molecule has 4 heteroatoms. The van der Waals surface area contributed by atoms with Crippen molar-refractivity contribution in [2.75, 3.05) is 11.9 Å². The molecular formula is C15H11ClN2O. The van der Waals surface area contributed by atoms with E-state index in [2.05, 4.69) is 0 Å². The fourth-order valence-electron chi connectivity index (χ4n) is 1.72. The van der Waals surface area contributed by atoms with E-state index in [1.54, 1.807) is 55.6 Å². The number of amides is 1. The van der Waals surface area contributed by atoms with Gasteiger partial charge >= 0.3 is 0 Å². The van der Waals surface area contributed by atoms with Crippen LogP contribution in [-0.2, 0) is 0 Å². The van der Waals surface area contributed by atoms with Gasteiger partial charge in [0, 0.05) is 12.7 Å². The summed E-state index contributed by atoms with van der Waals surface area (Å²) in [5.41, 5.74) is 1.61. The van der Waals surface area contributed by atoms with Crippen molar-refractivity contribution in [1.82, 2.24) is 0 Å². The monoisotopic (exact) mass is 270 g/mol. The number of rotatable bonds is 2. The van der Waals surface area contributed by atoms with Gasteiger partial charge in [-0.3, -0.25) is 4.79 Å². The van der Waals surface area contributed by atoms with E-state index in [1.165, 1.54) is 4.90 Å². The fourth-order valence-corrected chi connectivity index (χ4v) is 1.93. The molecule has 0 saturated carbocycles. The zero-order valence-electron chi connectivity index (χ0n) is 10.3. The molecule has 2 aromatic carbocycles. The molecule has 0 N–H and O–H groups in total. The second-order valence-corrected chi connectivity index (χ2v) is 4.41. The quantitative estimate of drug-likeness (QED) is 0.838. The molecule has 0 aliphatic heterocycles. The predicted octanol–water partition coefficient (Wildman–Crippen LogP) is 3.49. The number of hydrogen-bond acceptors (Lipinski definition) is 2. The minimum absolute atomic E-state index is 0.208. The third-order valence-electron chi connectivity index (χ3n) is 2.77. The second kappa shape index (κ2) is 5.55. The summed E-state index contributed by atoms with van der Waals surface area (Å²) in [5, 5.41) is 9.28. The maximum atomic E-state index is 12.3. The molecule has 0 saturated heterocycles. The van der Waals surface area contributed by atoms with Gasteiger partial charge in [0.1, 0.15) is 0 Å². The number of anilines is 1. The molecule has 2 rings (SSSR count). The Kier molecular flexibility index (Phi) is 3.84. The van der Waals surface area contributed by atoms with Crippen molar-refractivity contribution in [1.29, 1.82) is 5.26 Å². The van der Waals surface area contributed by atoms with Crippen molar-refractivity contribution >= 4 is 23.2 Å². The minimum atomic E-state index is -0.208. The van der Waals surface area contributed by atoms with Gasteiger partial charge < -0.3 is 4.90 Å². The third kappa shape index (κ3) is 2.75. The number of benzene rings is 2. The predicted molar refractivity (Wildman–Crippen MR) is 75.3 cm³/mol. The van der Waals surface area contributed by atoms with Gasteiger partial charge in [-0.2, -0.15) is 5.26 Å². The zero-order chi connectivity index (χ0) is 13.8. The summed E-state index contributed by atoms with van der Waals surface area (Å²) >= 11 is 6.01. The number of hydrogen-bond donors (Lipinski definition) is 0. The summed E-state index contributed by atoms with van der Waals surface area (Å²) in [6, 6.07) is 15.8. The first-order valence-corrected chi connectivity index (χ1v) is 6.04. The highest BCUT2D eigenvalue weighted by Crippen LogP contribution is 2.21. The van der Waals surface area contributed by atoms with E-state index in [0.29, 0.717) is 21.8 Å². The molecule has 0 atom stereocenters. The Labute approximate surface area is 116 Å². The topological polar surface area (TPSA) is 44.1 Å². The van der Waals surface area contributed by atoms with Crippen molar-refractivity contribution in [2.24, 2.45) is 0 Å². The Balaban J connectivity index is 2.34. The van der Waals surface area contributed by atoms with E-state index in [9.17, 15) is 4.79 Å². The highest BCUT2D eigenvalue weighted by Gasteiger charge is 2.16. The molecule has 2 aromatic rings. The molecule has 0 fully saturated rings. The van der Waals surface area contributed by atoms with Crippen LogP contribution in [0.2, 0.25) is 5.02 Å². The van der Waals surface area contributed by atoms with Crippen LogP contribution in [0.25, 0.3) is 0 Å². The lowest BCUT2D eigenvalue weighted by molar-refractivity contribution is 0.0993. The van der Waals surface area contributed by atoms with E-state index in [0.717, 1.165) is 0 Å². The van der Waals surface area contributed by atoms with Crippen molar-refractivity contribution in [3.8, 4) is 6.07 Å². The van der Waals surface area contributed by atoms with Gasteiger partial charge in [0.25, 0.3) is 5.91 Å². The number of carbonyl (C=O) groups is 1. The Morgan fingerprint density at radius 3 is 2.63 bits per heavy atom. The van der Waals surface area contributed by atoms with Gasteiger partial charge in [0.05, 0.1) is 22.2 Å². The van der Waals surface area contributed by atoms with Crippen molar-refractivity contribution in [3.63, 3.8) is 0 Å². The normalized spacial score (nSPS) is 9.74. The van der Waals surface area contributed by atoms with Crippen LogP contribution < -0.4 is 4.90 Å². The molecule has 0 heterocycles. The average Bonchev–Trinajstić information content (AvgIpc) is 2.46. The third-order valence-corrected chi connectivity index (χ3v) is 3.10. The van der Waals surface area contributed by atoms with Crippen molar-refractivity contribution < 1.29 is 4.79 Å². The Morgan fingerprint density at radius 2 is 1.95 bits per heavy atom. The van der Waals surface area contributed by atoms with E-state index < -0.39 is 0 Å². The lowest BCUT2D eigenvalue weighted by atomic mass is 10.1. The van der Waals surface area contributed by atoms with E-state index in [4.69, 9.17) is 16.9 Å². The smallest absolute Gasteiger partial charge is 0.259 e. The van der Waals surface area contributed by atoms with Gasteiger partial charge in [-0.25, -0.2) is 0 Å². The first-order valence-electron chi connectivity index (χ1n) is 5.66. The van der Waals surface area contributed by atoms with E-state index in [-0.39, 0.29) is 5.91 Å². The van der Waals surface area contributed by atoms with Gasteiger partial charge in [-0.15, -0.1) is 0 Å². The molecule has 94 valence electrons. The molecule has 0 aromatic heterocycles. The van der Waals surface area contributed by atoms with Crippen LogP contribution >= 0.6 is 11.6 Å². The standard InChI is InChI=1S/C15H11ClN2O/c1-18(12-6-4-5-11(9-12)10-17)15(19)13-7-2-3-8-14(13)16/h2-9H,1H3. The maximum absolute atomic E-state index is 12.3. The van der Waals surface area contributed by atoms with E-state index in [1.807, 2.05) is 6.07 Å². The average molecular weight is 271 g/mol. The zero-order valence-corrected chi connectivity index (χ0v) is 11.1.